The summed E-state index contributed by atoms with van der Waals surface area (Å²) in [5, 5.41) is 17.8. The summed E-state index contributed by atoms with van der Waals surface area (Å²) in [6.45, 7) is 1.64. The average Bonchev–Trinajstić information content (AvgIpc) is 3.55. The van der Waals surface area contributed by atoms with Gasteiger partial charge in [0.15, 0.2) is 0 Å². The van der Waals surface area contributed by atoms with Crippen molar-refractivity contribution < 1.29 is 36.9 Å². The number of nitrogens with zero attached hydrogens (tertiary/aromatic N) is 2. The van der Waals surface area contributed by atoms with Gasteiger partial charge >= 0.3 is 6.18 Å². The molecule has 2 heterocycles. The van der Waals surface area contributed by atoms with E-state index in [9.17, 15) is 27.5 Å². The molecule has 0 fully saturated rings. The predicted octanol–water partition coefficient (Wildman–Crippen LogP) is 6.90. The second kappa shape index (κ2) is 11.1. The first-order valence-corrected chi connectivity index (χ1v) is 13.1. The lowest BCUT2D eigenvalue weighted by atomic mass is 10.0. The van der Waals surface area contributed by atoms with Crippen molar-refractivity contribution in [1.29, 1.82) is 0 Å². The summed E-state index contributed by atoms with van der Waals surface area (Å²) < 4.78 is 66.0. The lowest BCUT2D eigenvalue weighted by Crippen LogP contribution is -2.39. The molecule has 0 spiro atoms. The molecule has 5 rings (SSSR count). The number of nitrogens with one attached hydrogen (secondary N) is 1. The highest BCUT2D eigenvalue weighted by atomic mass is 32.1. The van der Waals surface area contributed by atoms with Gasteiger partial charge in [-0.25, -0.2) is 9.07 Å². The number of benzene rings is 3. The van der Waals surface area contributed by atoms with Crippen LogP contribution in [0, 0.1) is 5.82 Å². The van der Waals surface area contributed by atoms with Gasteiger partial charge < -0.3 is 19.9 Å². The third kappa shape index (κ3) is 5.97. The Morgan fingerprint density at radius 3 is 2.49 bits per heavy atom. The van der Waals surface area contributed by atoms with E-state index in [1.807, 2.05) is 0 Å². The lowest BCUT2D eigenvalue weighted by Gasteiger charge is -2.27. The molecule has 3 aromatic carbocycles. The maximum Gasteiger partial charge on any atom is 0.425 e. The van der Waals surface area contributed by atoms with E-state index in [1.165, 1.54) is 19.2 Å². The Labute approximate surface area is 235 Å². The Morgan fingerprint density at radius 2 is 1.80 bits per heavy atom. The minimum atomic E-state index is -4.69. The van der Waals surface area contributed by atoms with Gasteiger partial charge in [0.2, 0.25) is 0 Å². The largest absolute Gasteiger partial charge is 0.506 e. The maximum absolute atomic E-state index is 13.4. The van der Waals surface area contributed by atoms with E-state index < -0.39 is 39.7 Å². The quantitative estimate of drug-likeness (QED) is 0.194. The van der Waals surface area contributed by atoms with Crippen molar-refractivity contribution >= 4 is 28.1 Å². The smallest absolute Gasteiger partial charge is 0.425 e. The summed E-state index contributed by atoms with van der Waals surface area (Å²) in [4.78, 5) is 11.4. The predicted molar refractivity (Wildman–Crippen MR) is 145 cm³/mol. The lowest BCUT2D eigenvalue weighted by molar-refractivity contribution is -0.134. The molecule has 212 valence electrons. The fraction of sp³-hybridized carbons (Fsp3) is 0.172. The van der Waals surface area contributed by atoms with Crippen LogP contribution in [0.25, 0.3) is 16.6 Å². The zero-order valence-corrected chi connectivity index (χ0v) is 22.5. The third-order valence-electron chi connectivity index (χ3n) is 6.31. The molecule has 0 bridgehead atoms. The van der Waals surface area contributed by atoms with Crippen molar-refractivity contribution in [2.24, 2.45) is 0 Å². The molecule has 0 saturated carbocycles. The van der Waals surface area contributed by atoms with Gasteiger partial charge in [0.25, 0.3) is 5.91 Å². The molecule has 7 nitrogen and oxygen atoms in total. The SMILES string of the molecule is COc1cccc(C(Oc2ccc3c(cnn3-c3ccc(F)cc3)c2)C(C)NC(=O)c2sc(C(F)(F)F)cc2O)c1. The summed E-state index contributed by atoms with van der Waals surface area (Å²) in [5.74, 6) is -1.02. The number of rotatable bonds is 8. The number of alkyl halides is 3. The topological polar surface area (TPSA) is 85.6 Å². The summed E-state index contributed by atoms with van der Waals surface area (Å²) in [6, 6.07) is 17.9. The highest BCUT2D eigenvalue weighted by Crippen LogP contribution is 2.40. The van der Waals surface area contributed by atoms with Crippen molar-refractivity contribution in [3.63, 3.8) is 0 Å². The molecule has 1 amide bonds. The van der Waals surface area contributed by atoms with Crippen LogP contribution in [-0.2, 0) is 6.18 Å². The Balaban J connectivity index is 1.44. The molecule has 41 heavy (non-hydrogen) atoms. The van der Waals surface area contributed by atoms with Gasteiger partial charge in [-0.3, -0.25) is 4.79 Å². The van der Waals surface area contributed by atoms with Crippen molar-refractivity contribution in [2.75, 3.05) is 7.11 Å². The molecule has 0 aliphatic carbocycles. The fourth-order valence-electron chi connectivity index (χ4n) is 4.33. The van der Waals surface area contributed by atoms with E-state index in [1.54, 1.807) is 72.4 Å². The van der Waals surface area contributed by atoms with Crippen molar-refractivity contribution in [2.45, 2.75) is 25.2 Å². The van der Waals surface area contributed by atoms with Crippen LogP contribution in [0.4, 0.5) is 17.6 Å². The highest BCUT2D eigenvalue weighted by molar-refractivity contribution is 7.14. The number of methoxy groups -OCH3 is 1. The summed E-state index contributed by atoms with van der Waals surface area (Å²) in [7, 11) is 1.50. The van der Waals surface area contributed by atoms with Gasteiger partial charge in [-0.1, -0.05) is 12.1 Å². The molecular formula is C29H23F4N3O4S. The number of aromatic nitrogens is 2. The normalized spacial score (nSPS) is 13.1. The maximum atomic E-state index is 13.4. The molecule has 5 aromatic rings. The van der Waals surface area contributed by atoms with Crippen LogP contribution < -0.4 is 14.8 Å². The van der Waals surface area contributed by atoms with E-state index in [4.69, 9.17) is 9.47 Å². The minimum absolute atomic E-state index is 0.159. The number of carbonyl (C=O) groups excluding carboxylic acids is 1. The summed E-state index contributed by atoms with van der Waals surface area (Å²) in [6.07, 6.45) is -3.86. The van der Waals surface area contributed by atoms with Crippen LogP contribution in [0.15, 0.2) is 79.0 Å². The number of amides is 1. The van der Waals surface area contributed by atoms with Gasteiger partial charge in [-0.2, -0.15) is 18.3 Å². The molecular weight excluding hydrogens is 562 g/mol. The number of fused-ring (bicyclic) bond motifs is 1. The second-order valence-electron chi connectivity index (χ2n) is 9.15. The van der Waals surface area contributed by atoms with E-state index in [0.717, 1.165) is 10.9 Å². The average molecular weight is 586 g/mol. The molecule has 2 unspecified atom stereocenters. The Kier molecular flexibility index (Phi) is 7.59. The van der Waals surface area contributed by atoms with Crippen LogP contribution in [0.2, 0.25) is 0 Å². The zero-order chi connectivity index (χ0) is 29.3. The number of aromatic hydroxyl groups is 1. The van der Waals surface area contributed by atoms with Gasteiger partial charge in [0, 0.05) is 11.5 Å². The molecule has 0 saturated heterocycles. The standard InChI is InChI=1S/C29H23F4N3O4S/c1-16(35-28(38)27-24(37)14-25(41-27)29(31,32)33)26(17-4-3-5-21(12-17)39-2)40-22-10-11-23-18(13-22)15-34-36(23)20-8-6-19(30)7-9-20/h3-16,26,37H,1-2H3,(H,35,38). The first-order chi connectivity index (χ1) is 19.5. The van der Waals surface area contributed by atoms with Gasteiger partial charge in [-0.05, 0) is 67.1 Å². The molecule has 0 aliphatic rings. The number of halogens is 4. The molecule has 2 aromatic heterocycles. The number of hydrogen-bond acceptors (Lipinski definition) is 6. The monoisotopic (exact) mass is 585 g/mol. The highest BCUT2D eigenvalue weighted by Gasteiger charge is 2.35. The van der Waals surface area contributed by atoms with Crippen molar-refractivity contribution in [1.82, 2.24) is 15.1 Å². The summed E-state index contributed by atoms with van der Waals surface area (Å²) >= 11 is 0.159. The molecule has 2 N–H and O–H groups in total. The second-order valence-corrected chi connectivity index (χ2v) is 10.2. The zero-order valence-electron chi connectivity index (χ0n) is 21.6. The van der Waals surface area contributed by atoms with E-state index in [2.05, 4.69) is 10.4 Å². The van der Waals surface area contributed by atoms with Crippen LogP contribution in [0.5, 0.6) is 17.2 Å². The van der Waals surface area contributed by atoms with Crippen LogP contribution in [0.3, 0.4) is 0 Å². The van der Waals surface area contributed by atoms with Gasteiger partial charge in [0.1, 0.15) is 38.9 Å². The number of ether oxygens (including phenoxy) is 2. The summed E-state index contributed by atoms with van der Waals surface area (Å²) in [5.41, 5.74) is 2.05. The number of hydrogen-bond donors (Lipinski definition) is 2. The number of carbonyl (C=O) groups is 1. The van der Waals surface area contributed by atoms with Gasteiger partial charge in [0.05, 0.1) is 30.6 Å². The molecule has 0 radical (unpaired) electrons. The molecule has 2 atom stereocenters. The Morgan fingerprint density at radius 1 is 1.05 bits per heavy atom. The van der Waals surface area contributed by atoms with E-state index in [-0.39, 0.29) is 17.2 Å². The molecule has 0 aliphatic heterocycles. The van der Waals surface area contributed by atoms with Crippen LogP contribution in [0.1, 0.15) is 33.1 Å². The minimum Gasteiger partial charge on any atom is -0.506 e. The molecule has 12 heteroatoms. The van der Waals surface area contributed by atoms with Crippen LogP contribution in [-0.4, -0.2) is 33.9 Å². The first kappa shape index (κ1) is 28.0. The van der Waals surface area contributed by atoms with Crippen LogP contribution >= 0.6 is 11.3 Å². The van der Waals surface area contributed by atoms with Gasteiger partial charge in [-0.15, -0.1) is 11.3 Å². The van der Waals surface area contributed by atoms with E-state index >= 15 is 0 Å². The van der Waals surface area contributed by atoms with Crippen molar-refractivity contribution in [3.05, 3.63) is 100 Å². The third-order valence-corrected chi connectivity index (χ3v) is 7.47. The Hall–Kier alpha value is -4.58. The number of thiophene rings is 1. The van der Waals surface area contributed by atoms with Crippen molar-refractivity contribution in [3.8, 4) is 22.9 Å². The Bertz CT molecular complexity index is 1700. The first-order valence-electron chi connectivity index (χ1n) is 12.3. The fourth-order valence-corrected chi connectivity index (χ4v) is 5.15. The van der Waals surface area contributed by atoms with E-state index in [0.29, 0.717) is 28.8 Å².